The molecule has 0 radical (unpaired) electrons. The van der Waals surface area contributed by atoms with Crippen LogP contribution in [0.2, 0.25) is 0 Å². The molecule has 0 aromatic heterocycles. The van der Waals surface area contributed by atoms with E-state index in [1.807, 2.05) is 45.2 Å². The van der Waals surface area contributed by atoms with Crippen LogP contribution >= 0.6 is 0 Å². The highest BCUT2D eigenvalue weighted by atomic mass is 32.2. The van der Waals surface area contributed by atoms with Crippen LogP contribution in [0.15, 0.2) is 24.3 Å². The van der Waals surface area contributed by atoms with Crippen molar-refractivity contribution in [3.8, 4) is 5.75 Å². The maximum absolute atomic E-state index is 11.7. The maximum Gasteiger partial charge on any atom is 0.124 e. The molecule has 1 aromatic carbocycles. The average Bonchev–Trinajstić information content (AvgIpc) is 2.37. The molecule has 0 saturated heterocycles. The summed E-state index contributed by atoms with van der Waals surface area (Å²) in [7, 11) is 1.10. The van der Waals surface area contributed by atoms with Crippen molar-refractivity contribution in [3.05, 3.63) is 29.8 Å². The van der Waals surface area contributed by atoms with Crippen LogP contribution in [0.25, 0.3) is 0 Å². The van der Waals surface area contributed by atoms with Crippen molar-refractivity contribution < 1.29 is 8.95 Å². The normalized spacial score (nSPS) is 14.3. The first-order chi connectivity index (χ1) is 8.22. The highest BCUT2D eigenvalue weighted by Gasteiger charge is 2.16. The zero-order valence-electron chi connectivity index (χ0n) is 10.7. The molecule has 0 bridgehead atoms. The minimum absolute atomic E-state index is 0.0820. The Morgan fingerprint density at radius 3 is 2.65 bits per heavy atom. The maximum atomic E-state index is 11.7. The van der Waals surface area contributed by atoms with Gasteiger partial charge in [0.25, 0.3) is 0 Å². The number of nitrogens with one attached hydrogen (secondary N) is 1. The molecule has 1 aromatic rings. The fourth-order valence-electron chi connectivity index (χ4n) is 1.69. The van der Waals surface area contributed by atoms with Crippen LogP contribution in [0, 0.1) is 0 Å². The summed E-state index contributed by atoms with van der Waals surface area (Å²) in [6.45, 7) is 4.55. The summed E-state index contributed by atoms with van der Waals surface area (Å²) in [6, 6.07) is 8.00. The lowest BCUT2D eigenvalue weighted by atomic mass is 10.1. The van der Waals surface area contributed by atoms with Crippen LogP contribution < -0.4 is 10.1 Å². The molecular formula is C13H21NO2S. The van der Waals surface area contributed by atoms with E-state index in [0.29, 0.717) is 18.1 Å². The third kappa shape index (κ3) is 4.13. The fourth-order valence-corrected chi connectivity index (χ4v) is 2.64. The number of para-hydroxylation sites is 1. The Kier molecular flexibility index (Phi) is 6.22. The van der Waals surface area contributed by atoms with Crippen molar-refractivity contribution in [2.75, 3.05) is 25.2 Å². The molecule has 0 heterocycles. The highest BCUT2D eigenvalue weighted by molar-refractivity contribution is 7.84. The van der Waals surface area contributed by atoms with Crippen LogP contribution in [0.3, 0.4) is 0 Å². The largest absolute Gasteiger partial charge is 0.494 e. The van der Waals surface area contributed by atoms with Gasteiger partial charge in [-0.25, -0.2) is 0 Å². The first-order valence-corrected chi connectivity index (χ1v) is 7.45. The molecule has 0 aliphatic rings. The smallest absolute Gasteiger partial charge is 0.124 e. The standard InChI is InChI=1S/C13H21NO2S/c1-4-16-13-9-7-6-8-11(13)12(14-3)10-17(15)5-2/h6-9,12,14H,4-5,10H2,1-3H3. The Morgan fingerprint density at radius 1 is 1.35 bits per heavy atom. The minimum atomic E-state index is -0.788. The molecule has 3 nitrogen and oxygen atoms in total. The number of ether oxygens (including phenoxy) is 1. The number of benzene rings is 1. The molecule has 1 N–H and O–H groups in total. The van der Waals surface area contributed by atoms with Gasteiger partial charge in [-0.1, -0.05) is 25.1 Å². The van der Waals surface area contributed by atoms with Gasteiger partial charge in [0.15, 0.2) is 0 Å². The third-order valence-corrected chi connectivity index (χ3v) is 3.97. The van der Waals surface area contributed by atoms with E-state index in [-0.39, 0.29) is 6.04 Å². The van der Waals surface area contributed by atoms with Gasteiger partial charge in [0.1, 0.15) is 5.75 Å². The van der Waals surface area contributed by atoms with E-state index >= 15 is 0 Å². The summed E-state index contributed by atoms with van der Waals surface area (Å²) in [6.07, 6.45) is 0. The van der Waals surface area contributed by atoms with Gasteiger partial charge in [-0.2, -0.15) is 0 Å². The van der Waals surface area contributed by atoms with Gasteiger partial charge in [0.2, 0.25) is 0 Å². The lowest BCUT2D eigenvalue weighted by Gasteiger charge is -2.19. The Morgan fingerprint density at radius 2 is 2.06 bits per heavy atom. The Labute approximate surface area is 106 Å². The summed E-state index contributed by atoms with van der Waals surface area (Å²) in [5.41, 5.74) is 1.08. The molecule has 2 unspecified atom stereocenters. The first-order valence-electron chi connectivity index (χ1n) is 5.96. The summed E-state index contributed by atoms with van der Waals surface area (Å²) in [4.78, 5) is 0. The predicted molar refractivity (Wildman–Crippen MR) is 73.0 cm³/mol. The van der Waals surface area contributed by atoms with E-state index in [4.69, 9.17) is 4.74 Å². The summed E-state index contributed by atoms with van der Waals surface area (Å²) >= 11 is 0. The lowest BCUT2D eigenvalue weighted by molar-refractivity contribution is 0.333. The van der Waals surface area contributed by atoms with Crippen molar-refractivity contribution in [3.63, 3.8) is 0 Å². The molecule has 0 fully saturated rings. The second kappa shape index (κ2) is 7.45. The van der Waals surface area contributed by atoms with Gasteiger partial charge in [-0.05, 0) is 20.0 Å². The molecule has 0 aliphatic carbocycles. The third-order valence-electron chi connectivity index (χ3n) is 2.62. The molecule has 4 heteroatoms. The van der Waals surface area contributed by atoms with Crippen LogP contribution in [-0.4, -0.2) is 29.4 Å². The molecule has 0 saturated carbocycles. The van der Waals surface area contributed by atoms with Gasteiger partial charge >= 0.3 is 0 Å². The summed E-state index contributed by atoms with van der Waals surface area (Å²) < 4.78 is 17.2. The molecule has 0 spiro atoms. The Balaban J connectivity index is 2.90. The SMILES string of the molecule is CCOc1ccccc1C(CS(=O)CC)NC. The summed E-state index contributed by atoms with van der Waals surface area (Å²) in [5, 5.41) is 3.21. The molecular weight excluding hydrogens is 234 g/mol. The lowest BCUT2D eigenvalue weighted by Crippen LogP contribution is -2.24. The Hall–Kier alpha value is -0.870. The topological polar surface area (TPSA) is 38.3 Å². The number of rotatable bonds is 7. The van der Waals surface area contributed by atoms with Gasteiger partial charge < -0.3 is 10.1 Å². The van der Waals surface area contributed by atoms with E-state index < -0.39 is 10.8 Å². The van der Waals surface area contributed by atoms with Gasteiger partial charge in [0, 0.05) is 33.9 Å². The van der Waals surface area contributed by atoms with E-state index in [9.17, 15) is 4.21 Å². The zero-order valence-corrected chi connectivity index (χ0v) is 11.5. The van der Waals surface area contributed by atoms with Gasteiger partial charge in [-0.3, -0.25) is 4.21 Å². The minimum Gasteiger partial charge on any atom is -0.494 e. The molecule has 0 aliphatic heterocycles. The molecule has 2 atom stereocenters. The Bertz CT molecular complexity index is 368. The second-order valence-corrected chi connectivity index (χ2v) is 5.50. The van der Waals surface area contributed by atoms with E-state index in [0.717, 1.165) is 11.3 Å². The van der Waals surface area contributed by atoms with Gasteiger partial charge in [0.05, 0.1) is 6.61 Å². The van der Waals surface area contributed by atoms with Crippen molar-refractivity contribution in [2.45, 2.75) is 19.9 Å². The molecule has 96 valence electrons. The summed E-state index contributed by atoms with van der Waals surface area (Å²) in [5.74, 6) is 2.19. The second-order valence-electron chi connectivity index (χ2n) is 3.71. The van der Waals surface area contributed by atoms with E-state index in [1.165, 1.54) is 0 Å². The molecule has 1 rings (SSSR count). The van der Waals surface area contributed by atoms with Crippen LogP contribution in [0.4, 0.5) is 0 Å². The van der Waals surface area contributed by atoms with Crippen molar-refractivity contribution in [1.29, 1.82) is 0 Å². The van der Waals surface area contributed by atoms with Crippen molar-refractivity contribution in [2.24, 2.45) is 0 Å². The monoisotopic (exact) mass is 255 g/mol. The quantitative estimate of drug-likeness (QED) is 0.811. The number of hydrogen-bond acceptors (Lipinski definition) is 3. The molecule has 0 amide bonds. The van der Waals surface area contributed by atoms with Gasteiger partial charge in [-0.15, -0.1) is 0 Å². The van der Waals surface area contributed by atoms with Crippen LogP contribution in [0.1, 0.15) is 25.5 Å². The zero-order chi connectivity index (χ0) is 12.7. The predicted octanol–water partition coefficient (Wildman–Crippen LogP) is 2.11. The van der Waals surface area contributed by atoms with E-state index in [2.05, 4.69) is 5.32 Å². The average molecular weight is 255 g/mol. The first kappa shape index (κ1) is 14.2. The number of hydrogen-bond donors (Lipinski definition) is 1. The van der Waals surface area contributed by atoms with Crippen molar-refractivity contribution in [1.82, 2.24) is 5.32 Å². The van der Waals surface area contributed by atoms with Crippen molar-refractivity contribution >= 4 is 10.8 Å². The van der Waals surface area contributed by atoms with Crippen LogP contribution in [-0.2, 0) is 10.8 Å². The fraction of sp³-hybridized carbons (Fsp3) is 0.538. The highest BCUT2D eigenvalue weighted by Crippen LogP contribution is 2.25. The molecule has 17 heavy (non-hydrogen) atoms. The van der Waals surface area contributed by atoms with E-state index in [1.54, 1.807) is 0 Å². The van der Waals surface area contributed by atoms with Crippen LogP contribution in [0.5, 0.6) is 5.75 Å².